The molecule has 0 bridgehead atoms. The Labute approximate surface area is 367 Å². The van der Waals surface area contributed by atoms with Crippen molar-refractivity contribution in [2.75, 3.05) is 0 Å². The number of nitriles is 1. The predicted molar refractivity (Wildman–Crippen MR) is 242 cm³/mol. The summed E-state index contributed by atoms with van der Waals surface area (Å²) in [6.07, 6.45) is 7.01. The van der Waals surface area contributed by atoms with Gasteiger partial charge in [-0.05, 0) is 63.9 Å². The average Bonchev–Trinajstić information content (AvgIpc) is 3.97. The number of H-pyrrole nitrogens is 1. The number of aliphatic hydroxyl groups is 1. The fourth-order valence-corrected chi connectivity index (χ4v) is 7.50. The van der Waals surface area contributed by atoms with Crippen molar-refractivity contribution < 1.29 is 5.11 Å². The summed E-state index contributed by atoms with van der Waals surface area (Å²) in [6, 6.07) is 34.7. The number of halogens is 3. The minimum absolute atomic E-state index is 0. The Morgan fingerprint density at radius 3 is 1.67 bits per heavy atom. The molecule has 0 fully saturated rings. The van der Waals surface area contributed by atoms with E-state index in [2.05, 4.69) is 92.3 Å². The highest BCUT2D eigenvalue weighted by Crippen LogP contribution is 2.31. The van der Waals surface area contributed by atoms with E-state index in [-0.39, 0.29) is 30.6 Å². The molecule has 0 aliphatic heterocycles. The van der Waals surface area contributed by atoms with Gasteiger partial charge in [0, 0.05) is 31.5 Å². The number of nitrogens with one attached hydrogen (secondary N) is 1. The Morgan fingerprint density at radius 2 is 1.17 bits per heavy atom. The molecule has 0 saturated heterocycles. The van der Waals surface area contributed by atoms with Crippen LogP contribution in [0.3, 0.4) is 0 Å². The Bertz CT molecular complexity index is 2400. The molecule has 58 heavy (non-hydrogen) atoms. The summed E-state index contributed by atoms with van der Waals surface area (Å²) in [5, 5.41) is 34.5. The Balaban J connectivity index is 0.000000218. The van der Waals surface area contributed by atoms with Crippen LogP contribution in [0.2, 0.25) is 10.3 Å². The molecule has 0 aliphatic carbocycles. The lowest BCUT2D eigenvalue weighted by atomic mass is 9.98. The monoisotopic (exact) mass is 927 g/mol. The van der Waals surface area contributed by atoms with Crippen molar-refractivity contribution >= 4 is 47.2 Å². The second kappa shape index (κ2) is 21.8. The minimum Gasteiger partial charge on any atom is -0.390 e. The number of rotatable bonds is 15. The number of unbranched alkanes of at least 4 members (excludes halogenated alkanes) is 2. The number of hydrogen-bond acceptors (Lipinski definition) is 7. The first kappa shape index (κ1) is 44.2. The fourth-order valence-electron chi connectivity index (χ4n) is 6.91. The van der Waals surface area contributed by atoms with E-state index in [9.17, 15) is 10.4 Å². The smallest absolute Gasteiger partial charge is 0.205 e. The highest BCUT2D eigenvalue weighted by atomic mass is 127. The molecule has 0 radical (unpaired) electrons. The highest BCUT2D eigenvalue weighted by molar-refractivity contribution is 14.0. The summed E-state index contributed by atoms with van der Waals surface area (Å²) in [5.41, 5.74) is 9.82. The van der Waals surface area contributed by atoms with Gasteiger partial charge in [-0.25, -0.2) is 9.97 Å². The molecule has 10 nitrogen and oxygen atoms in total. The number of aryl methyl sites for hydroxylation is 2. The zero-order chi connectivity index (χ0) is 40.1. The first-order valence-electron chi connectivity index (χ1n) is 19.5. The topological polar surface area (TPSA) is 134 Å². The van der Waals surface area contributed by atoms with E-state index < -0.39 is 0 Å². The number of hydrogen-bond donors (Lipinski definition) is 2. The second-order valence-electron chi connectivity index (χ2n) is 13.8. The van der Waals surface area contributed by atoms with Crippen LogP contribution in [0, 0.1) is 11.3 Å². The molecule has 2 N–H and O–H groups in total. The van der Waals surface area contributed by atoms with Gasteiger partial charge in [0.2, 0.25) is 5.82 Å². The quantitative estimate of drug-likeness (QED) is 0.0978. The van der Waals surface area contributed by atoms with Crippen molar-refractivity contribution in [2.45, 2.75) is 85.4 Å². The van der Waals surface area contributed by atoms with Gasteiger partial charge in [0.15, 0.2) is 10.3 Å². The fraction of sp³-hybridized carbons (Fsp3) is 0.289. The lowest BCUT2D eigenvalue weighted by Crippen LogP contribution is -2.09. The Morgan fingerprint density at radius 1 is 0.672 bits per heavy atom. The number of imidazole rings is 2. The van der Waals surface area contributed by atoms with Crippen molar-refractivity contribution in [3.63, 3.8) is 0 Å². The molecule has 0 aliphatic rings. The molecular weight excluding hydrogens is 880 g/mol. The normalized spacial score (nSPS) is 10.8. The van der Waals surface area contributed by atoms with Crippen LogP contribution < -0.4 is 0 Å². The van der Waals surface area contributed by atoms with Crippen LogP contribution in [0.5, 0.6) is 0 Å². The van der Waals surface area contributed by atoms with E-state index in [1.165, 1.54) is 5.56 Å². The third-order valence-electron chi connectivity index (χ3n) is 9.97. The predicted octanol–water partition coefficient (Wildman–Crippen LogP) is 10.9. The van der Waals surface area contributed by atoms with Crippen molar-refractivity contribution in [2.24, 2.45) is 0 Å². The molecule has 13 heteroatoms. The van der Waals surface area contributed by atoms with Crippen LogP contribution in [-0.2, 0) is 39.0 Å². The maximum atomic E-state index is 9.69. The number of tetrazole rings is 1. The molecule has 300 valence electrons. The van der Waals surface area contributed by atoms with Gasteiger partial charge in [0.05, 0.1) is 29.6 Å². The van der Waals surface area contributed by atoms with E-state index in [1.54, 1.807) is 0 Å². The zero-order valence-electron chi connectivity index (χ0n) is 33.0. The molecule has 0 amide bonds. The van der Waals surface area contributed by atoms with Gasteiger partial charge in [0.1, 0.15) is 11.6 Å². The summed E-state index contributed by atoms with van der Waals surface area (Å²) < 4.78 is 4.29. The minimum atomic E-state index is -0.133. The molecular formula is C45H48Cl2IN9O. The highest BCUT2D eigenvalue weighted by Gasteiger charge is 2.17. The van der Waals surface area contributed by atoms with Crippen LogP contribution in [0.1, 0.15) is 86.2 Å². The lowest BCUT2D eigenvalue weighted by Gasteiger charge is -2.13. The van der Waals surface area contributed by atoms with Crippen molar-refractivity contribution in [1.82, 2.24) is 39.7 Å². The molecule has 3 heterocycles. The first-order valence-corrected chi connectivity index (χ1v) is 20.2. The van der Waals surface area contributed by atoms with Gasteiger partial charge in [-0.1, -0.05) is 148 Å². The SMILES string of the molecule is CCCCc1nc(Cl)c(CC)n1Cc1ccc(-c2ccccc2-c2nn[nH]n2)cc1.CCCCc1nc(Cl)c(CO)n1Cc1ccc(-c2ccccc2C#N)cc1.I. The summed E-state index contributed by atoms with van der Waals surface area (Å²) in [7, 11) is 0. The van der Waals surface area contributed by atoms with Crippen molar-refractivity contribution in [3.05, 3.63) is 147 Å². The van der Waals surface area contributed by atoms with Gasteiger partial charge < -0.3 is 14.2 Å². The summed E-state index contributed by atoms with van der Waals surface area (Å²) in [6.45, 7) is 7.70. The Hall–Kier alpha value is -4.87. The molecule has 0 spiro atoms. The van der Waals surface area contributed by atoms with Crippen LogP contribution in [0.4, 0.5) is 0 Å². The second-order valence-corrected chi connectivity index (χ2v) is 14.5. The van der Waals surface area contributed by atoms with Crippen LogP contribution in [0.15, 0.2) is 97.1 Å². The molecule has 7 aromatic rings. The lowest BCUT2D eigenvalue weighted by molar-refractivity contribution is 0.271. The maximum absolute atomic E-state index is 9.69. The maximum Gasteiger partial charge on any atom is 0.205 e. The molecule has 0 saturated carbocycles. The summed E-state index contributed by atoms with van der Waals surface area (Å²) in [5.74, 6) is 2.57. The summed E-state index contributed by atoms with van der Waals surface area (Å²) in [4.78, 5) is 9.06. The van der Waals surface area contributed by atoms with E-state index in [1.807, 2.05) is 71.3 Å². The van der Waals surface area contributed by atoms with Crippen molar-refractivity contribution in [1.29, 1.82) is 5.26 Å². The van der Waals surface area contributed by atoms with Crippen LogP contribution >= 0.6 is 47.2 Å². The summed E-state index contributed by atoms with van der Waals surface area (Å²) >= 11 is 12.6. The standard InChI is InChI=1S/C23H25ClN6.C22H22ClN3O.HI/c1-3-5-10-21-25-22(24)20(4-2)30(21)15-16-11-13-17(14-12-16)18-8-6-7-9-19(18)23-26-28-29-27-23;1-2-3-8-21-25-22(23)20(15-27)26(21)14-16-9-11-17(12-10-16)19-7-5-4-6-18(19)13-24;/h6-9,11-14H,3-5,10,15H2,1-2H3,(H,26,27,28,29);4-7,9-12,27H,2-3,8,14-15H2,1H3;1H. The van der Waals surface area contributed by atoms with Gasteiger partial charge in [-0.3, -0.25) is 0 Å². The molecule has 4 aromatic carbocycles. The third kappa shape index (κ3) is 10.6. The van der Waals surface area contributed by atoms with Crippen LogP contribution in [-0.4, -0.2) is 44.8 Å². The number of aromatic nitrogens is 8. The third-order valence-corrected chi connectivity index (χ3v) is 10.6. The number of aromatic amines is 1. The van der Waals surface area contributed by atoms with Gasteiger partial charge in [-0.15, -0.1) is 34.2 Å². The van der Waals surface area contributed by atoms with Crippen molar-refractivity contribution in [3.8, 4) is 39.7 Å². The molecule has 7 rings (SSSR count). The van der Waals surface area contributed by atoms with E-state index in [0.717, 1.165) is 102 Å². The number of benzene rings is 4. The number of nitrogens with zero attached hydrogens (tertiary/aromatic N) is 8. The molecule has 3 aromatic heterocycles. The largest absolute Gasteiger partial charge is 0.390 e. The van der Waals surface area contributed by atoms with E-state index in [0.29, 0.717) is 33.9 Å². The zero-order valence-corrected chi connectivity index (χ0v) is 36.8. The van der Waals surface area contributed by atoms with Gasteiger partial charge >= 0.3 is 0 Å². The molecule has 0 unspecified atom stereocenters. The average molecular weight is 929 g/mol. The Kier molecular flexibility index (Phi) is 16.6. The number of aliphatic hydroxyl groups excluding tert-OH is 1. The molecule has 0 atom stereocenters. The van der Waals surface area contributed by atoms with Gasteiger partial charge in [0.25, 0.3) is 0 Å². The van der Waals surface area contributed by atoms with Gasteiger partial charge in [-0.2, -0.15) is 10.5 Å². The first-order chi connectivity index (χ1) is 27.9. The van der Waals surface area contributed by atoms with Crippen LogP contribution in [0.25, 0.3) is 33.6 Å². The van der Waals surface area contributed by atoms with E-state index in [4.69, 9.17) is 23.2 Å². The van der Waals surface area contributed by atoms with E-state index >= 15 is 0 Å².